The van der Waals surface area contributed by atoms with Crippen LogP contribution in [0.5, 0.6) is 0 Å². The molecular weight excluding hydrogens is 544 g/mol. The molecule has 0 saturated carbocycles. The number of aliphatic hydroxyl groups excluding tert-OH is 1. The lowest BCUT2D eigenvalue weighted by molar-refractivity contribution is -0.149. The third-order valence-corrected chi connectivity index (χ3v) is 11.7. The number of hydrogen-bond acceptors (Lipinski definition) is 5. The molecule has 1 spiro atoms. The molecule has 2 N–H and O–H groups in total. The van der Waals surface area contributed by atoms with Crippen LogP contribution in [0.2, 0.25) is 23.7 Å². The van der Waals surface area contributed by atoms with Gasteiger partial charge in [-0.05, 0) is 77.7 Å². The number of rotatable bonds is 9. The number of aliphatic hydroxyl groups is 1. The van der Waals surface area contributed by atoms with Crippen molar-refractivity contribution in [2.24, 2.45) is 5.92 Å². The molecule has 0 radical (unpaired) electrons. The molecule has 7 nitrogen and oxygen atoms in total. The number of hydrogen-bond donors (Lipinski definition) is 2. The molecule has 2 saturated heterocycles. The van der Waals surface area contributed by atoms with E-state index in [2.05, 4.69) is 32.9 Å². The van der Waals surface area contributed by atoms with Gasteiger partial charge >= 0.3 is 0 Å². The smallest absolute Gasteiger partial charge is 0.264 e. The van der Waals surface area contributed by atoms with Gasteiger partial charge in [-0.25, -0.2) is 0 Å². The predicted molar refractivity (Wildman–Crippen MR) is 162 cm³/mol. The van der Waals surface area contributed by atoms with Crippen LogP contribution in [0.15, 0.2) is 41.5 Å². The Balaban J connectivity index is 1.67. The van der Waals surface area contributed by atoms with Crippen molar-refractivity contribution in [2.75, 3.05) is 24.6 Å². The number of carbonyl (C=O) groups excluding carboxylic acids is 2. The molecule has 3 heterocycles. The van der Waals surface area contributed by atoms with Crippen LogP contribution in [0.25, 0.3) is 0 Å². The summed E-state index contributed by atoms with van der Waals surface area (Å²) in [7, 11) is -2.89. The van der Waals surface area contributed by atoms with Crippen LogP contribution in [0.4, 0.5) is 5.69 Å². The van der Waals surface area contributed by atoms with Crippen LogP contribution in [-0.2, 0) is 19.9 Å². The largest absolute Gasteiger partial charge is 0.432 e. The van der Waals surface area contributed by atoms with E-state index in [4.69, 9.17) is 16.3 Å². The molecule has 1 aromatic carbocycles. The second-order valence-electron chi connectivity index (χ2n) is 12.6. The molecule has 0 bridgehead atoms. The van der Waals surface area contributed by atoms with E-state index >= 15 is 0 Å². The Labute approximate surface area is 245 Å². The summed E-state index contributed by atoms with van der Waals surface area (Å²) in [6, 6.07) is 5.29. The highest BCUT2D eigenvalue weighted by atomic mass is 35.5. The second kappa shape index (κ2) is 12.1. The summed E-state index contributed by atoms with van der Waals surface area (Å²) in [6.07, 6.45) is 7.26. The molecule has 40 heavy (non-hydrogen) atoms. The Bertz CT molecular complexity index is 1190. The van der Waals surface area contributed by atoms with E-state index in [1.165, 1.54) is 11.1 Å². The summed E-state index contributed by atoms with van der Waals surface area (Å²) in [5.74, 6) is -0.627. The third kappa shape index (κ3) is 5.84. The summed E-state index contributed by atoms with van der Waals surface area (Å²) in [4.78, 5) is 42.8. The average molecular weight is 589 g/mol. The monoisotopic (exact) mass is 588 g/mol. The van der Waals surface area contributed by atoms with Gasteiger partial charge in [0.1, 0.15) is 0 Å². The van der Waals surface area contributed by atoms with E-state index in [0.29, 0.717) is 23.7 Å². The first kappa shape index (κ1) is 31.0. The first-order chi connectivity index (χ1) is 18.8. The van der Waals surface area contributed by atoms with Crippen molar-refractivity contribution in [3.05, 3.63) is 52.1 Å². The maximum atomic E-state index is 14.4. The molecule has 220 valence electrons. The van der Waals surface area contributed by atoms with Crippen LogP contribution in [0, 0.1) is 5.92 Å². The van der Waals surface area contributed by atoms with Gasteiger partial charge in [0, 0.05) is 35.1 Å². The van der Waals surface area contributed by atoms with E-state index in [0.717, 1.165) is 31.4 Å². The number of nitrogens with zero attached hydrogens (tertiary/aromatic N) is 2. The topological polar surface area (TPSA) is 90.3 Å². The zero-order valence-electron chi connectivity index (χ0n) is 24.7. The van der Waals surface area contributed by atoms with Crippen LogP contribution in [0.1, 0.15) is 65.4 Å². The third-order valence-electron chi connectivity index (χ3n) is 8.94. The minimum Gasteiger partial charge on any atom is -0.432 e. The van der Waals surface area contributed by atoms with Crippen molar-refractivity contribution < 1.29 is 24.2 Å². The fourth-order valence-electron chi connectivity index (χ4n) is 7.01. The molecule has 0 aliphatic carbocycles. The molecule has 9 heteroatoms. The molecule has 1 aromatic rings. The van der Waals surface area contributed by atoms with Gasteiger partial charge in [0.25, 0.3) is 5.91 Å². The fourth-order valence-corrected chi connectivity index (χ4v) is 9.74. The zero-order chi connectivity index (χ0) is 29.4. The summed E-state index contributed by atoms with van der Waals surface area (Å²) >= 11 is 6.48. The Hall–Kier alpha value is -1.97. The number of allylic oxidation sites excluding steroid dienone is 3. The van der Waals surface area contributed by atoms with Gasteiger partial charge in [-0.15, -0.1) is 0 Å². The van der Waals surface area contributed by atoms with Crippen molar-refractivity contribution in [1.29, 1.82) is 0 Å². The number of ether oxygens (including phenoxy) is 1. The summed E-state index contributed by atoms with van der Waals surface area (Å²) < 4.78 is 6.77. The van der Waals surface area contributed by atoms with Crippen LogP contribution in [0.3, 0.4) is 0 Å². The Morgan fingerprint density at radius 2 is 1.98 bits per heavy atom. The van der Waals surface area contributed by atoms with Gasteiger partial charge in [-0.1, -0.05) is 41.8 Å². The number of fused-ring (bicyclic) bond motifs is 2. The summed E-state index contributed by atoms with van der Waals surface area (Å²) in [5.41, 5.74) is 2.30. The summed E-state index contributed by atoms with van der Waals surface area (Å²) in [6.45, 7) is 12.9. The highest BCUT2D eigenvalue weighted by molar-refractivity contribution is 6.71. The first-order valence-electron chi connectivity index (χ1n) is 14.5. The second-order valence-corrected chi connectivity index (χ2v) is 17.0. The molecular formula is C31H45ClN2O5Si. The van der Waals surface area contributed by atoms with Gasteiger partial charge in [-0.2, -0.15) is 0 Å². The SMILES string of the molecule is CC(C)=CCC/C(C)=C/CN1C(=O)[C@]2(O[C@H](CC(=O)N3CCC[C@H]3CO)[C@@H]([Si](C)(C)O)[C@@H]2C)c2cc(Cl)ccc21. The van der Waals surface area contributed by atoms with Crippen molar-refractivity contribution in [3.63, 3.8) is 0 Å². The highest BCUT2D eigenvalue weighted by Crippen LogP contribution is 2.60. The number of halogens is 1. The van der Waals surface area contributed by atoms with Crippen LogP contribution < -0.4 is 4.90 Å². The highest BCUT2D eigenvalue weighted by Gasteiger charge is 2.66. The normalized spacial score (nSPS) is 28.5. The Kier molecular flexibility index (Phi) is 9.37. The maximum Gasteiger partial charge on any atom is 0.264 e. The lowest BCUT2D eigenvalue weighted by Crippen LogP contribution is -2.46. The molecule has 4 rings (SSSR count). The molecule has 3 aliphatic heterocycles. The standard InChI is InChI=1S/C31H45ClN2O5Si/c1-20(2)9-7-10-21(3)14-16-34-26-13-12-23(32)17-25(26)31(30(34)37)22(4)29(40(5,6)38)27(39-31)18-28(36)33-15-8-11-24(33)19-35/h9,12-14,17,22,24,27,29,35,38H,7-8,10-11,15-16,18-19H2,1-6H3/b21-14+/t22-,24-,27+,29-,31+/m0/s1. The lowest BCUT2D eigenvalue weighted by Gasteiger charge is -2.32. The minimum absolute atomic E-state index is 0.0663. The minimum atomic E-state index is -2.89. The van der Waals surface area contributed by atoms with Gasteiger partial charge in [0.2, 0.25) is 5.91 Å². The Morgan fingerprint density at radius 3 is 2.62 bits per heavy atom. The number of anilines is 1. The van der Waals surface area contributed by atoms with Gasteiger partial charge in [-0.3, -0.25) is 9.59 Å². The van der Waals surface area contributed by atoms with E-state index in [9.17, 15) is 19.5 Å². The molecule has 2 fully saturated rings. The van der Waals surface area contributed by atoms with Crippen molar-refractivity contribution in [3.8, 4) is 0 Å². The Morgan fingerprint density at radius 1 is 1.25 bits per heavy atom. The van der Waals surface area contributed by atoms with E-state index in [-0.39, 0.29) is 42.3 Å². The molecule has 5 atom stereocenters. The zero-order valence-corrected chi connectivity index (χ0v) is 26.5. The predicted octanol–water partition coefficient (Wildman–Crippen LogP) is 5.55. The van der Waals surface area contributed by atoms with Crippen molar-refractivity contribution >= 4 is 37.4 Å². The van der Waals surface area contributed by atoms with Gasteiger partial charge < -0.3 is 24.4 Å². The number of likely N-dealkylation sites (tertiary alicyclic amines) is 1. The first-order valence-corrected chi connectivity index (χ1v) is 17.9. The van der Waals surface area contributed by atoms with E-state index < -0.39 is 20.0 Å². The van der Waals surface area contributed by atoms with E-state index in [1.54, 1.807) is 15.9 Å². The molecule has 3 aliphatic rings. The number of benzene rings is 1. The van der Waals surface area contributed by atoms with Crippen molar-refractivity contribution in [1.82, 2.24) is 4.90 Å². The quantitative estimate of drug-likeness (QED) is 0.291. The number of carbonyl (C=O) groups is 2. The van der Waals surface area contributed by atoms with Crippen LogP contribution >= 0.6 is 11.6 Å². The number of amides is 2. The summed E-state index contributed by atoms with van der Waals surface area (Å²) in [5, 5.41) is 10.3. The van der Waals surface area contributed by atoms with Crippen LogP contribution in [-0.4, -0.2) is 66.8 Å². The molecule has 0 unspecified atom stereocenters. The molecule has 2 amide bonds. The maximum absolute atomic E-state index is 14.4. The van der Waals surface area contributed by atoms with Crippen molar-refractivity contribution in [2.45, 2.75) is 96.2 Å². The average Bonchev–Trinajstić information content (AvgIpc) is 3.52. The lowest BCUT2D eigenvalue weighted by atomic mass is 9.82. The van der Waals surface area contributed by atoms with Gasteiger partial charge in [0.05, 0.1) is 30.9 Å². The van der Waals surface area contributed by atoms with E-state index in [1.807, 2.05) is 32.2 Å². The molecule has 0 aromatic heterocycles. The fraction of sp³-hybridized carbons (Fsp3) is 0.613. The van der Waals surface area contributed by atoms with Gasteiger partial charge in [0.15, 0.2) is 13.9 Å².